The molecule has 26 heavy (non-hydrogen) atoms. The molecule has 8 nitrogen and oxygen atoms in total. The quantitative estimate of drug-likeness (QED) is 0.666. The third-order valence-electron chi connectivity index (χ3n) is 4.03. The molecule has 3 aromatic heterocycles. The molecular weight excluding hydrogens is 372 g/mol. The number of carbonyl (C=O) groups is 1. The van der Waals surface area contributed by atoms with Crippen molar-refractivity contribution in [3.05, 3.63) is 33.8 Å². The molecule has 0 atom stereocenters. The maximum absolute atomic E-state index is 11.8. The third-order valence-corrected chi connectivity index (χ3v) is 5.58. The minimum Gasteiger partial charge on any atom is -0.461 e. The highest BCUT2D eigenvalue weighted by Crippen LogP contribution is 2.37. The fourth-order valence-electron chi connectivity index (χ4n) is 2.77. The van der Waals surface area contributed by atoms with Crippen LogP contribution in [0.3, 0.4) is 0 Å². The molecule has 1 aliphatic rings. The summed E-state index contributed by atoms with van der Waals surface area (Å²) in [7, 11) is 0. The molecule has 4 rings (SSSR count). The number of nitrogens with zero attached hydrogens (tertiary/aromatic N) is 5. The van der Waals surface area contributed by atoms with Gasteiger partial charge in [-0.1, -0.05) is 0 Å². The van der Waals surface area contributed by atoms with Crippen LogP contribution >= 0.6 is 22.7 Å². The zero-order valence-electron chi connectivity index (χ0n) is 14.2. The van der Waals surface area contributed by atoms with Crippen LogP contribution in [0.25, 0.3) is 0 Å². The number of hydrogen-bond acceptors (Lipinski definition) is 10. The molecule has 0 fully saturated rings. The zero-order chi connectivity index (χ0) is 18.1. The fraction of sp³-hybridized carbons (Fsp3) is 0.312. The molecule has 1 N–H and O–H groups in total. The highest BCUT2D eigenvalue weighted by atomic mass is 32.1. The largest absolute Gasteiger partial charge is 0.461 e. The molecule has 10 heteroatoms. The normalized spacial score (nSPS) is 12.9. The van der Waals surface area contributed by atoms with E-state index < -0.39 is 5.97 Å². The number of rotatable bonds is 5. The minimum absolute atomic E-state index is 0.326. The Morgan fingerprint density at radius 3 is 3.04 bits per heavy atom. The van der Waals surface area contributed by atoms with E-state index in [9.17, 15) is 4.79 Å². The van der Waals surface area contributed by atoms with Gasteiger partial charge in [0.25, 0.3) is 0 Å². The molecule has 0 saturated carbocycles. The highest BCUT2D eigenvalue weighted by Gasteiger charge is 2.28. The highest BCUT2D eigenvalue weighted by molar-refractivity contribution is 7.14. The van der Waals surface area contributed by atoms with Gasteiger partial charge in [-0.25, -0.2) is 14.8 Å². The Kier molecular flexibility index (Phi) is 4.51. The fourth-order valence-corrected chi connectivity index (χ4v) is 4.12. The molecule has 0 bridgehead atoms. The standard InChI is InChI=1S/C16H16N6O2S2/c1-3-24-14(23)11-8-26-16(18-11)22-6-4-10-9(2)12(20-21-13(10)22)19-15-17-5-7-25-15/h5,7-8H,3-4,6H2,1-2H3,(H,17,19,20). The Morgan fingerprint density at radius 2 is 2.27 bits per heavy atom. The van der Waals surface area contributed by atoms with Crippen molar-refractivity contribution >= 4 is 50.5 Å². The van der Waals surface area contributed by atoms with E-state index in [1.54, 1.807) is 18.5 Å². The molecule has 134 valence electrons. The van der Waals surface area contributed by atoms with Gasteiger partial charge in [0.1, 0.15) is 0 Å². The van der Waals surface area contributed by atoms with E-state index in [-0.39, 0.29) is 0 Å². The molecule has 0 radical (unpaired) electrons. The first-order valence-corrected chi connectivity index (χ1v) is 9.86. The minimum atomic E-state index is -0.403. The number of fused-ring (bicyclic) bond motifs is 1. The lowest BCUT2D eigenvalue weighted by molar-refractivity contribution is 0.0520. The molecule has 3 aromatic rings. The average Bonchev–Trinajstić information content (AvgIpc) is 3.37. The van der Waals surface area contributed by atoms with Gasteiger partial charge in [-0.2, -0.15) is 0 Å². The Bertz CT molecular complexity index is 940. The van der Waals surface area contributed by atoms with Crippen molar-refractivity contribution in [1.29, 1.82) is 0 Å². The summed E-state index contributed by atoms with van der Waals surface area (Å²) in [5, 5.41) is 17.1. The summed E-state index contributed by atoms with van der Waals surface area (Å²) in [6.45, 7) is 4.88. The average molecular weight is 388 g/mol. The molecule has 0 spiro atoms. The van der Waals surface area contributed by atoms with Gasteiger partial charge in [-0.3, -0.25) is 0 Å². The van der Waals surface area contributed by atoms with E-state index >= 15 is 0 Å². The lowest BCUT2D eigenvalue weighted by atomic mass is 10.1. The van der Waals surface area contributed by atoms with Gasteiger partial charge in [0.15, 0.2) is 27.6 Å². The number of thiazole rings is 2. The second-order valence-electron chi connectivity index (χ2n) is 5.58. The summed E-state index contributed by atoms with van der Waals surface area (Å²) in [5.41, 5.74) is 2.51. The number of aromatic nitrogens is 4. The third kappa shape index (κ3) is 3.01. The van der Waals surface area contributed by atoms with Gasteiger partial charge in [0.2, 0.25) is 0 Å². The molecule has 0 saturated heterocycles. The lowest BCUT2D eigenvalue weighted by Crippen LogP contribution is -2.15. The first-order valence-electron chi connectivity index (χ1n) is 8.10. The summed E-state index contributed by atoms with van der Waals surface area (Å²) in [6.07, 6.45) is 2.59. The molecule has 1 aliphatic heterocycles. The first kappa shape index (κ1) is 16.9. The summed E-state index contributed by atoms with van der Waals surface area (Å²) in [4.78, 5) is 22.4. The van der Waals surface area contributed by atoms with Gasteiger partial charge >= 0.3 is 5.97 Å². The Morgan fingerprint density at radius 1 is 1.38 bits per heavy atom. The van der Waals surface area contributed by atoms with Gasteiger partial charge < -0.3 is 15.0 Å². The van der Waals surface area contributed by atoms with Crippen LogP contribution in [0.1, 0.15) is 28.5 Å². The molecular formula is C16H16N6O2S2. The second kappa shape index (κ2) is 6.96. The van der Waals surface area contributed by atoms with Crippen molar-refractivity contribution < 1.29 is 9.53 Å². The Labute approximate surface area is 157 Å². The van der Waals surface area contributed by atoms with Crippen molar-refractivity contribution in [1.82, 2.24) is 20.2 Å². The van der Waals surface area contributed by atoms with Crippen molar-refractivity contribution in [2.24, 2.45) is 0 Å². The molecule has 0 unspecified atom stereocenters. The van der Waals surface area contributed by atoms with Crippen molar-refractivity contribution in [3.8, 4) is 0 Å². The van der Waals surface area contributed by atoms with Gasteiger partial charge in [0.05, 0.1) is 6.61 Å². The maximum atomic E-state index is 11.8. The SMILES string of the molecule is CCOC(=O)c1csc(N2CCc3c2nnc(Nc2nccs2)c3C)n1. The zero-order valence-corrected chi connectivity index (χ0v) is 15.9. The van der Waals surface area contributed by atoms with Crippen LogP contribution in [-0.4, -0.2) is 39.3 Å². The van der Waals surface area contributed by atoms with E-state index in [1.165, 1.54) is 22.7 Å². The molecule has 0 aliphatic carbocycles. The van der Waals surface area contributed by atoms with E-state index in [0.29, 0.717) is 18.1 Å². The van der Waals surface area contributed by atoms with Gasteiger partial charge in [-0.05, 0) is 20.3 Å². The van der Waals surface area contributed by atoms with Crippen LogP contribution in [0.2, 0.25) is 0 Å². The number of carbonyl (C=O) groups excluding carboxylic acids is 1. The molecule has 0 amide bonds. The van der Waals surface area contributed by atoms with E-state index in [2.05, 4.69) is 25.5 Å². The van der Waals surface area contributed by atoms with Crippen LogP contribution in [0.15, 0.2) is 17.0 Å². The van der Waals surface area contributed by atoms with Crippen LogP contribution < -0.4 is 10.2 Å². The van der Waals surface area contributed by atoms with Gasteiger partial charge in [-0.15, -0.1) is 32.9 Å². The van der Waals surface area contributed by atoms with Crippen molar-refractivity contribution in [2.75, 3.05) is 23.4 Å². The van der Waals surface area contributed by atoms with Crippen LogP contribution in [0.5, 0.6) is 0 Å². The van der Waals surface area contributed by atoms with Crippen molar-refractivity contribution in [3.63, 3.8) is 0 Å². The Balaban J connectivity index is 1.60. The molecule has 0 aromatic carbocycles. The van der Waals surface area contributed by atoms with E-state index in [4.69, 9.17) is 4.74 Å². The topological polar surface area (TPSA) is 93.1 Å². The van der Waals surface area contributed by atoms with Crippen LogP contribution in [0, 0.1) is 6.92 Å². The summed E-state index contributed by atoms with van der Waals surface area (Å²) in [6, 6.07) is 0. The van der Waals surface area contributed by atoms with E-state index in [1.807, 2.05) is 17.2 Å². The maximum Gasteiger partial charge on any atom is 0.357 e. The summed E-state index contributed by atoms with van der Waals surface area (Å²) in [5.74, 6) is 1.10. The summed E-state index contributed by atoms with van der Waals surface area (Å²) >= 11 is 2.91. The molecule has 4 heterocycles. The van der Waals surface area contributed by atoms with Gasteiger partial charge in [0, 0.05) is 34.6 Å². The Hall–Kier alpha value is -2.59. The number of esters is 1. The van der Waals surface area contributed by atoms with E-state index in [0.717, 1.165) is 40.2 Å². The second-order valence-corrected chi connectivity index (χ2v) is 7.31. The smallest absolute Gasteiger partial charge is 0.357 e. The van der Waals surface area contributed by atoms with Crippen LogP contribution in [0.4, 0.5) is 21.9 Å². The number of ether oxygens (including phenoxy) is 1. The van der Waals surface area contributed by atoms with Crippen LogP contribution in [-0.2, 0) is 11.2 Å². The number of nitrogens with one attached hydrogen (secondary N) is 1. The first-order chi connectivity index (χ1) is 12.7. The lowest BCUT2D eigenvalue weighted by Gasteiger charge is -2.15. The number of anilines is 4. The number of hydrogen-bond donors (Lipinski definition) is 1. The summed E-state index contributed by atoms with van der Waals surface area (Å²) < 4.78 is 5.00. The predicted octanol–water partition coefficient (Wildman–Crippen LogP) is 3.31. The predicted molar refractivity (Wildman–Crippen MR) is 101 cm³/mol. The van der Waals surface area contributed by atoms with Crippen molar-refractivity contribution in [2.45, 2.75) is 20.3 Å². The monoisotopic (exact) mass is 388 g/mol.